The molecule has 0 spiro atoms. The van der Waals surface area contributed by atoms with E-state index in [1.54, 1.807) is 0 Å². The van der Waals surface area contributed by atoms with Gasteiger partial charge in [-0.2, -0.15) is 12.6 Å². The van der Waals surface area contributed by atoms with Crippen molar-refractivity contribution in [3.05, 3.63) is 0 Å². The van der Waals surface area contributed by atoms with Crippen molar-refractivity contribution in [3.63, 3.8) is 0 Å². The molecule has 13 heavy (non-hydrogen) atoms. The molecule has 0 radical (unpaired) electrons. The predicted octanol–water partition coefficient (Wildman–Crippen LogP) is 2.86. The van der Waals surface area contributed by atoms with Crippen molar-refractivity contribution in [1.82, 2.24) is 0 Å². The maximum atomic E-state index is 5.91. The van der Waals surface area contributed by atoms with Crippen LogP contribution >= 0.6 is 12.6 Å². The van der Waals surface area contributed by atoms with Gasteiger partial charge in [-0.15, -0.1) is 0 Å². The lowest BCUT2D eigenvalue weighted by molar-refractivity contribution is -0.149. The molecule has 0 saturated heterocycles. The number of rotatable bonds is 2. The van der Waals surface area contributed by atoms with E-state index in [2.05, 4.69) is 12.6 Å². The van der Waals surface area contributed by atoms with E-state index in [1.807, 2.05) is 0 Å². The number of hydrogen-bond donors (Lipinski definition) is 1. The molecule has 2 heteroatoms. The highest BCUT2D eigenvalue weighted by atomic mass is 32.1. The summed E-state index contributed by atoms with van der Waals surface area (Å²) in [6.45, 7) is 0. The van der Waals surface area contributed by atoms with Gasteiger partial charge in [0.1, 0.15) is 0 Å². The second-order valence-electron chi connectivity index (χ2n) is 5.37. The number of ether oxygens (including phenoxy) is 1. The van der Waals surface area contributed by atoms with Crippen LogP contribution in [0.1, 0.15) is 38.5 Å². The average Bonchev–Trinajstić information content (AvgIpc) is 2.00. The zero-order chi connectivity index (χ0) is 8.89. The second-order valence-corrected chi connectivity index (χ2v) is 5.63. The highest BCUT2D eigenvalue weighted by Crippen LogP contribution is 2.57. The van der Waals surface area contributed by atoms with Gasteiger partial charge in [-0.3, -0.25) is 0 Å². The Labute approximate surface area is 85.6 Å². The molecule has 1 nitrogen and oxygen atoms in total. The summed E-state index contributed by atoms with van der Waals surface area (Å²) in [5, 5.41) is 0. The van der Waals surface area contributed by atoms with Crippen LogP contribution in [0.5, 0.6) is 0 Å². The van der Waals surface area contributed by atoms with Crippen LogP contribution in [-0.2, 0) is 4.74 Å². The lowest BCUT2D eigenvalue weighted by Gasteiger charge is -2.56. The van der Waals surface area contributed by atoms with Crippen molar-refractivity contribution in [1.29, 1.82) is 0 Å². The van der Waals surface area contributed by atoms with E-state index >= 15 is 0 Å². The van der Waals surface area contributed by atoms with Crippen LogP contribution in [0.3, 0.4) is 0 Å². The normalized spacial score (nSPS) is 52.8. The average molecular weight is 198 g/mol. The Balaban J connectivity index is 1.83. The van der Waals surface area contributed by atoms with Crippen molar-refractivity contribution in [3.8, 4) is 0 Å². The summed E-state index contributed by atoms with van der Waals surface area (Å²) in [5.74, 6) is 3.59. The molecular weight excluding hydrogens is 180 g/mol. The Hall–Kier alpha value is 0.310. The molecule has 0 heterocycles. The molecule has 4 rings (SSSR count). The molecule has 0 aromatic rings. The summed E-state index contributed by atoms with van der Waals surface area (Å²) in [5.41, 5.74) is 0.274. The van der Waals surface area contributed by atoms with Crippen molar-refractivity contribution in [2.75, 3.05) is 5.94 Å². The first-order chi connectivity index (χ1) is 6.30. The zero-order valence-electron chi connectivity index (χ0n) is 8.04. The van der Waals surface area contributed by atoms with Gasteiger partial charge >= 0.3 is 0 Å². The lowest BCUT2D eigenvalue weighted by atomic mass is 9.54. The summed E-state index contributed by atoms with van der Waals surface area (Å²) in [4.78, 5) is 0. The maximum Gasteiger partial charge on any atom is 0.0900 e. The Morgan fingerprint density at radius 2 is 1.46 bits per heavy atom. The van der Waals surface area contributed by atoms with E-state index in [0.29, 0.717) is 5.94 Å². The fourth-order valence-electron chi connectivity index (χ4n) is 4.34. The van der Waals surface area contributed by atoms with Crippen LogP contribution in [0.2, 0.25) is 0 Å². The third-order valence-corrected chi connectivity index (χ3v) is 4.48. The van der Waals surface area contributed by atoms with Gasteiger partial charge in [-0.1, -0.05) is 0 Å². The van der Waals surface area contributed by atoms with Crippen molar-refractivity contribution < 1.29 is 4.74 Å². The molecule has 0 unspecified atom stereocenters. The summed E-state index contributed by atoms with van der Waals surface area (Å²) in [7, 11) is 0. The van der Waals surface area contributed by atoms with Gasteiger partial charge < -0.3 is 4.74 Å². The van der Waals surface area contributed by atoms with Crippen LogP contribution in [-0.4, -0.2) is 11.5 Å². The standard InChI is InChI=1S/C11H18OS/c13-7-12-11-4-8-1-9(5-11)3-10(2-8)6-11/h8-10,13H,1-7H2. The van der Waals surface area contributed by atoms with Gasteiger partial charge in [0.2, 0.25) is 0 Å². The summed E-state index contributed by atoms with van der Waals surface area (Å²) >= 11 is 4.21. The molecule has 4 aliphatic rings. The summed E-state index contributed by atoms with van der Waals surface area (Å²) < 4.78 is 5.91. The highest BCUT2D eigenvalue weighted by molar-refractivity contribution is 7.80. The van der Waals surface area contributed by atoms with Crippen molar-refractivity contribution >= 4 is 12.6 Å². The lowest BCUT2D eigenvalue weighted by Crippen LogP contribution is -2.51. The molecule has 0 aromatic carbocycles. The van der Waals surface area contributed by atoms with E-state index < -0.39 is 0 Å². The van der Waals surface area contributed by atoms with Gasteiger partial charge in [0.15, 0.2) is 0 Å². The highest BCUT2D eigenvalue weighted by Gasteiger charge is 2.51. The van der Waals surface area contributed by atoms with Gasteiger partial charge in [0.05, 0.1) is 11.5 Å². The Morgan fingerprint density at radius 3 is 1.85 bits per heavy atom. The Morgan fingerprint density at radius 1 is 1.00 bits per heavy atom. The topological polar surface area (TPSA) is 9.23 Å². The van der Waals surface area contributed by atoms with Crippen LogP contribution < -0.4 is 0 Å². The first kappa shape index (κ1) is 8.60. The quantitative estimate of drug-likeness (QED) is 0.530. The molecule has 4 fully saturated rings. The second kappa shape index (κ2) is 2.90. The fourth-order valence-corrected chi connectivity index (χ4v) is 4.62. The molecule has 0 N–H and O–H groups in total. The maximum absolute atomic E-state index is 5.91. The first-order valence-corrected chi connectivity index (χ1v) is 6.18. The largest absolute Gasteiger partial charge is 0.365 e. The molecule has 0 amide bonds. The van der Waals surface area contributed by atoms with Crippen LogP contribution in [0.15, 0.2) is 0 Å². The van der Waals surface area contributed by atoms with Gasteiger partial charge in [0.25, 0.3) is 0 Å². The molecule has 0 aromatic heterocycles. The van der Waals surface area contributed by atoms with Crippen LogP contribution in [0.4, 0.5) is 0 Å². The molecule has 74 valence electrons. The van der Waals surface area contributed by atoms with Crippen LogP contribution in [0.25, 0.3) is 0 Å². The smallest absolute Gasteiger partial charge is 0.0900 e. The van der Waals surface area contributed by atoms with Gasteiger partial charge in [0, 0.05) is 0 Å². The Kier molecular flexibility index (Phi) is 1.92. The molecule has 0 aliphatic heterocycles. The van der Waals surface area contributed by atoms with Gasteiger partial charge in [-0.05, 0) is 56.3 Å². The molecule has 4 saturated carbocycles. The van der Waals surface area contributed by atoms with E-state index in [4.69, 9.17) is 4.74 Å². The molecular formula is C11H18OS. The Bertz CT molecular complexity index is 179. The zero-order valence-corrected chi connectivity index (χ0v) is 8.93. The monoisotopic (exact) mass is 198 g/mol. The number of hydrogen-bond acceptors (Lipinski definition) is 2. The minimum atomic E-state index is 0.274. The first-order valence-electron chi connectivity index (χ1n) is 5.54. The minimum absolute atomic E-state index is 0.274. The summed E-state index contributed by atoms with van der Waals surface area (Å²) in [6.07, 6.45) is 8.48. The molecule has 0 atom stereocenters. The van der Waals surface area contributed by atoms with Crippen molar-refractivity contribution in [2.24, 2.45) is 17.8 Å². The minimum Gasteiger partial charge on any atom is -0.365 e. The molecule has 4 aliphatic carbocycles. The number of thiol groups is 1. The SMILES string of the molecule is SCOC12CC3CC(CC(C3)C1)C2. The van der Waals surface area contributed by atoms with Gasteiger partial charge in [-0.25, -0.2) is 0 Å². The fraction of sp³-hybridized carbons (Fsp3) is 1.00. The predicted molar refractivity (Wildman–Crippen MR) is 55.8 cm³/mol. The molecule has 4 bridgehead atoms. The van der Waals surface area contributed by atoms with E-state index in [-0.39, 0.29) is 5.60 Å². The van der Waals surface area contributed by atoms with E-state index in [1.165, 1.54) is 38.5 Å². The van der Waals surface area contributed by atoms with E-state index in [0.717, 1.165) is 17.8 Å². The summed E-state index contributed by atoms with van der Waals surface area (Å²) in [6, 6.07) is 0. The third-order valence-electron chi connectivity index (χ3n) is 4.35. The third kappa shape index (κ3) is 1.33. The van der Waals surface area contributed by atoms with E-state index in [9.17, 15) is 0 Å². The van der Waals surface area contributed by atoms with Crippen LogP contribution in [0, 0.1) is 17.8 Å². The van der Waals surface area contributed by atoms with Crippen molar-refractivity contribution in [2.45, 2.75) is 44.1 Å².